The molecule has 0 radical (unpaired) electrons. The van der Waals surface area contributed by atoms with Crippen LogP contribution in [0.4, 0.5) is 0 Å². The Morgan fingerprint density at radius 1 is 0.750 bits per heavy atom. The maximum atomic E-state index is 10.5. The first-order valence-corrected chi connectivity index (χ1v) is 8.63. The summed E-state index contributed by atoms with van der Waals surface area (Å²) in [5, 5.41) is -0.239. The van der Waals surface area contributed by atoms with Gasteiger partial charge in [-0.1, -0.05) is 56.9 Å². The molecule has 116 valence electrons. The molecule has 0 rings (SSSR count). The van der Waals surface area contributed by atoms with E-state index in [1.807, 2.05) is 0 Å². The van der Waals surface area contributed by atoms with Crippen LogP contribution in [0.5, 0.6) is 0 Å². The Labute approximate surface area is 130 Å². The predicted octanol–water partition coefficient (Wildman–Crippen LogP) is 6.57. The quantitative estimate of drug-likeness (QED) is 0.201. The highest BCUT2D eigenvalue weighted by molar-refractivity contribution is 6.63. The predicted molar refractivity (Wildman–Crippen MR) is 90.2 cm³/mol. The van der Waals surface area contributed by atoms with E-state index in [1.54, 1.807) is 0 Å². The van der Waals surface area contributed by atoms with Crippen LogP contribution in [0.3, 0.4) is 0 Å². The maximum absolute atomic E-state index is 10.5. The fraction of sp³-hybridized carbons (Fsp3) is 0.722. The van der Waals surface area contributed by atoms with E-state index in [4.69, 9.17) is 11.6 Å². The Morgan fingerprint density at radius 3 is 1.65 bits per heavy atom. The number of rotatable bonds is 14. The lowest BCUT2D eigenvalue weighted by atomic mass is 10.1. The molecule has 0 amide bonds. The van der Waals surface area contributed by atoms with Gasteiger partial charge >= 0.3 is 0 Å². The summed E-state index contributed by atoms with van der Waals surface area (Å²) < 4.78 is 0. The van der Waals surface area contributed by atoms with Crippen LogP contribution in [0.2, 0.25) is 0 Å². The van der Waals surface area contributed by atoms with Gasteiger partial charge in [-0.25, -0.2) is 0 Å². The third-order valence-electron chi connectivity index (χ3n) is 3.31. The zero-order valence-corrected chi connectivity index (χ0v) is 13.8. The van der Waals surface area contributed by atoms with Crippen LogP contribution in [0.15, 0.2) is 24.3 Å². The van der Waals surface area contributed by atoms with Gasteiger partial charge in [0.2, 0.25) is 5.24 Å². The summed E-state index contributed by atoms with van der Waals surface area (Å²) in [6.45, 7) is 2.25. The number of allylic oxidation sites excluding steroid dienone is 4. The molecule has 0 saturated carbocycles. The van der Waals surface area contributed by atoms with Crippen LogP contribution in [-0.4, -0.2) is 5.24 Å². The highest BCUT2D eigenvalue weighted by Crippen LogP contribution is 2.08. The Kier molecular flexibility index (Phi) is 16.0. The molecule has 0 bridgehead atoms. The summed E-state index contributed by atoms with van der Waals surface area (Å²) in [5.74, 6) is 0. The Bertz CT molecular complexity index is 269. The van der Waals surface area contributed by atoms with Crippen molar-refractivity contribution < 1.29 is 4.79 Å². The average molecular weight is 299 g/mol. The normalized spacial score (nSPS) is 11.7. The monoisotopic (exact) mass is 298 g/mol. The summed E-state index contributed by atoms with van der Waals surface area (Å²) in [5.41, 5.74) is 0. The fourth-order valence-electron chi connectivity index (χ4n) is 2.06. The first kappa shape index (κ1) is 19.4. The average Bonchev–Trinajstić information content (AvgIpc) is 2.43. The van der Waals surface area contributed by atoms with Gasteiger partial charge in [-0.15, -0.1) is 0 Å². The molecule has 1 nitrogen and oxygen atoms in total. The highest BCUT2D eigenvalue weighted by Gasteiger charge is 1.91. The van der Waals surface area contributed by atoms with Crippen molar-refractivity contribution >= 4 is 16.8 Å². The lowest BCUT2D eigenvalue weighted by Gasteiger charge is -1.97. The van der Waals surface area contributed by atoms with Gasteiger partial charge in [-0.05, 0) is 56.5 Å². The molecule has 0 heterocycles. The Balaban J connectivity index is 3.14. The van der Waals surface area contributed by atoms with Gasteiger partial charge in [0.1, 0.15) is 0 Å². The van der Waals surface area contributed by atoms with Crippen LogP contribution >= 0.6 is 11.6 Å². The standard InChI is InChI=1S/C18H31ClO/c1-2-3-4-5-6-7-8-9-10-11-12-13-14-15-16-17-18(19)20/h6-7,14-15H,2-5,8-13,16-17H2,1H3/b7-6+,15-14+. The first-order chi connectivity index (χ1) is 9.77. The molecule has 0 atom stereocenters. The van der Waals surface area contributed by atoms with Crippen LogP contribution in [-0.2, 0) is 4.79 Å². The third kappa shape index (κ3) is 17.4. The minimum absolute atomic E-state index is 0.239. The second kappa shape index (κ2) is 16.5. The fourth-order valence-corrected chi connectivity index (χ4v) is 2.17. The molecule has 2 heteroatoms. The van der Waals surface area contributed by atoms with Gasteiger partial charge in [-0.3, -0.25) is 4.79 Å². The molecule has 20 heavy (non-hydrogen) atoms. The van der Waals surface area contributed by atoms with Crippen LogP contribution in [0, 0.1) is 0 Å². The van der Waals surface area contributed by atoms with Crippen molar-refractivity contribution in [2.75, 3.05) is 0 Å². The molecule has 0 spiro atoms. The third-order valence-corrected chi connectivity index (χ3v) is 3.50. The molecule has 0 aliphatic rings. The van der Waals surface area contributed by atoms with E-state index in [9.17, 15) is 4.79 Å². The molecule has 0 aromatic carbocycles. The van der Waals surface area contributed by atoms with Gasteiger partial charge in [-0.2, -0.15) is 0 Å². The largest absolute Gasteiger partial charge is 0.281 e. The summed E-state index contributed by atoms with van der Waals surface area (Å²) in [6, 6.07) is 0. The summed E-state index contributed by atoms with van der Waals surface area (Å²) in [4.78, 5) is 10.5. The number of unbranched alkanes of at least 4 members (excludes halogenated alkanes) is 8. The molecular weight excluding hydrogens is 268 g/mol. The topological polar surface area (TPSA) is 17.1 Å². The Hall–Kier alpha value is -0.560. The van der Waals surface area contributed by atoms with Gasteiger partial charge < -0.3 is 0 Å². The van der Waals surface area contributed by atoms with Crippen molar-refractivity contribution in [3.8, 4) is 0 Å². The SMILES string of the molecule is CCCCC/C=C/CCCCCC/C=C/CCC(=O)Cl. The number of hydrogen-bond donors (Lipinski definition) is 0. The number of hydrogen-bond acceptors (Lipinski definition) is 1. The smallest absolute Gasteiger partial charge is 0.221 e. The molecule has 0 fully saturated rings. The Morgan fingerprint density at radius 2 is 1.20 bits per heavy atom. The molecule has 0 aliphatic heterocycles. The van der Waals surface area contributed by atoms with E-state index in [-0.39, 0.29) is 5.24 Å². The summed E-state index contributed by atoms with van der Waals surface area (Å²) in [6.07, 6.45) is 23.0. The van der Waals surface area contributed by atoms with Crippen LogP contribution < -0.4 is 0 Å². The molecular formula is C18H31ClO. The van der Waals surface area contributed by atoms with Crippen molar-refractivity contribution in [2.24, 2.45) is 0 Å². The summed E-state index contributed by atoms with van der Waals surface area (Å²) in [7, 11) is 0. The molecule has 0 N–H and O–H groups in total. The van der Waals surface area contributed by atoms with Gasteiger partial charge in [0.25, 0.3) is 0 Å². The molecule has 0 aromatic rings. The second-order valence-corrected chi connectivity index (χ2v) is 5.75. The number of halogens is 1. The van der Waals surface area contributed by atoms with Crippen molar-refractivity contribution in [3.63, 3.8) is 0 Å². The van der Waals surface area contributed by atoms with Crippen LogP contribution in [0.1, 0.15) is 84.0 Å². The van der Waals surface area contributed by atoms with Crippen molar-refractivity contribution in [1.29, 1.82) is 0 Å². The lowest BCUT2D eigenvalue weighted by Crippen LogP contribution is -1.82. The van der Waals surface area contributed by atoms with E-state index >= 15 is 0 Å². The second-order valence-electron chi connectivity index (χ2n) is 5.32. The van der Waals surface area contributed by atoms with Gasteiger partial charge in [0, 0.05) is 6.42 Å². The first-order valence-electron chi connectivity index (χ1n) is 8.25. The van der Waals surface area contributed by atoms with Crippen molar-refractivity contribution in [3.05, 3.63) is 24.3 Å². The van der Waals surface area contributed by atoms with Crippen molar-refractivity contribution in [1.82, 2.24) is 0 Å². The van der Waals surface area contributed by atoms with E-state index in [0.29, 0.717) is 6.42 Å². The molecule has 0 aromatic heterocycles. The number of carbonyl (C=O) groups excluding carboxylic acids is 1. The zero-order valence-electron chi connectivity index (χ0n) is 13.1. The van der Waals surface area contributed by atoms with E-state index < -0.39 is 0 Å². The molecule has 0 saturated heterocycles. The zero-order chi connectivity index (χ0) is 14.9. The molecule has 0 unspecified atom stereocenters. The lowest BCUT2D eigenvalue weighted by molar-refractivity contribution is -0.111. The van der Waals surface area contributed by atoms with Crippen LogP contribution in [0.25, 0.3) is 0 Å². The van der Waals surface area contributed by atoms with Gasteiger partial charge in [0.05, 0.1) is 0 Å². The van der Waals surface area contributed by atoms with Crippen molar-refractivity contribution in [2.45, 2.75) is 84.0 Å². The number of carbonyl (C=O) groups is 1. The minimum atomic E-state index is -0.239. The van der Waals surface area contributed by atoms with E-state index in [1.165, 1.54) is 57.8 Å². The van der Waals surface area contributed by atoms with E-state index in [0.717, 1.165) is 12.8 Å². The molecule has 0 aliphatic carbocycles. The van der Waals surface area contributed by atoms with E-state index in [2.05, 4.69) is 31.2 Å². The van der Waals surface area contributed by atoms with Gasteiger partial charge in [0.15, 0.2) is 0 Å². The maximum Gasteiger partial charge on any atom is 0.221 e. The summed E-state index contributed by atoms with van der Waals surface area (Å²) >= 11 is 5.26. The minimum Gasteiger partial charge on any atom is -0.281 e. The highest BCUT2D eigenvalue weighted by atomic mass is 35.5.